The van der Waals surface area contributed by atoms with Crippen molar-refractivity contribution in [1.29, 1.82) is 0 Å². The quantitative estimate of drug-likeness (QED) is 0.596. The SMILES string of the molecule is COCC(CNCc1ccc([C@@H](C)NS(C)(=O)=O)cc1)Oc1ccc(F)cc1. The van der Waals surface area contributed by atoms with Crippen LogP contribution in [0.3, 0.4) is 0 Å². The van der Waals surface area contributed by atoms with Crippen LogP contribution in [0.25, 0.3) is 0 Å². The summed E-state index contributed by atoms with van der Waals surface area (Å²) in [7, 11) is -1.65. The molecular formula is C20H27FN2O4S. The largest absolute Gasteiger partial charge is 0.487 e. The first-order valence-electron chi connectivity index (χ1n) is 8.95. The van der Waals surface area contributed by atoms with Crippen molar-refractivity contribution in [1.82, 2.24) is 10.0 Å². The average molecular weight is 411 g/mol. The topological polar surface area (TPSA) is 76.7 Å². The van der Waals surface area contributed by atoms with Gasteiger partial charge in [-0.1, -0.05) is 24.3 Å². The average Bonchev–Trinajstić information content (AvgIpc) is 2.63. The van der Waals surface area contributed by atoms with E-state index in [1.165, 1.54) is 12.1 Å². The van der Waals surface area contributed by atoms with E-state index in [-0.39, 0.29) is 18.0 Å². The highest BCUT2D eigenvalue weighted by molar-refractivity contribution is 7.88. The van der Waals surface area contributed by atoms with Crippen molar-refractivity contribution in [3.63, 3.8) is 0 Å². The van der Waals surface area contributed by atoms with Crippen molar-refractivity contribution in [3.05, 3.63) is 65.5 Å². The van der Waals surface area contributed by atoms with E-state index in [1.54, 1.807) is 26.2 Å². The number of benzene rings is 2. The fourth-order valence-corrected chi connectivity index (χ4v) is 3.50. The molecule has 0 aliphatic heterocycles. The summed E-state index contributed by atoms with van der Waals surface area (Å²) in [6.45, 7) is 3.38. The van der Waals surface area contributed by atoms with Crippen LogP contribution in [0.4, 0.5) is 4.39 Å². The molecular weight excluding hydrogens is 383 g/mol. The minimum absolute atomic E-state index is 0.214. The van der Waals surface area contributed by atoms with E-state index in [4.69, 9.17) is 9.47 Å². The first kappa shape index (κ1) is 22.3. The van der Waals surface area contributed by atoms with Gasteiger partial charge in [0.05, 0.1) is 12.9 Å². The van der Waals surface area contributed by atoms with Gasteiger partial charge in [-0.25, -0.2) is 17.5 Å². The van der Waals surface area contributed by atoms with Crippen LogP contribution in [-0.4, -0.2) is 41.0 Å². The molecule has 0 fully saturated rings. The Balaban J connectivity index is 1.85. The van der Waals surface area contributed by atoms with Gasteiger partial charge in [0.2, 0.25) is 10.0 Å². The van der Waals surface area contributed by atoms with E-state index in [0.717, 1.165) is 17.4 Å². The number of rotatable bonds is 11. The van der Waals surface area contributed by atoms with Gasteiger partial charge < -0.3 is 14.8 Å². The first-order valence-corrected chi connectivity index (χ1v) is 10.8. The van der Waals surface area contributed by atoms with Crippen molar-refractivity contribution in [2.45, 2.75) is 25.6 Å². The van der Waals surface area contributed by atoms with Crippen LogP contribution < -0.4 is 14.8 Å². The summed E-state index contributed by atoms with van der Waals surface area (Å²) in [5, 5.41) is 3.31. The second-order valence-electron chi connectivity index (χ2n) is 6.63. The van der Waals surface area contributed by atoms with Gasteiger partial charge in [0.1, 0.15) is 17.7 Å². The summed E-state index contributed by atoms with van der Waals surface area (Å²) in [6, 6.07) is 13.3. The van der Waals surface area contributed by atoms with Crippen LogP contribution in [0.5, 0.6) is 5.75 Å². The number of hydrogen-bond acceptors (Lipinski definition) is 5. The van der Waals surface area contributed by atoms with Crippen LogP contribution >= 0.6 is 0 Å². The van der Waals surface area contributed by atoms with Crippen LogP contribution in [0, 0.1) is 5.82 Å². The Hall–Kier alpha value is -2.00. The summed E-state index contributed by atoms with van der Waals surface area (Å²) >= 11 is 0. The summed E-state index contributed by atoms with van der Waals surface area (Å²) in [4.78, 5) is 0. The Bertz CT molecular complexity index is 826. The van der Waals surface area contributed by atoms with Crippen molar-refractivity contribution in [2.24, 2.45) is 0 Å². The molecule has 0 saturated carbocycles. The van der Waals surface area contributed by atoms with E-state index >= 15 is 0 Å². The minimum Gasteiger partial charge on any atom is -0.487 e. The molecule has 0 amide bonds. The molecule has 2 aromatic carbocycles. The first-order chi connectivity index (χ1) is 13.3. The highest BCUT2D eigenvalue weighted by Crippen LogP contribution is 2.15. The Morgan fingerprint density at radius 3 is 2.29 bits per heavy atom. The Kier molecular flexibility index (Phi) is 8.37. The third-order valence-electron chi connectivity index (χ3n) is 4.04. The summed E-state index contributed by atoms with van der Waals surface area (Å²) in [6.07, 6.45) is 0.931. The molecule has 0 spiro atoms. The maximum absolute atomic E-state index is 13.0. The molecule has 0 bridgehead atoms. The molecule has 0 aliphatic carbocycles. The number of sulfonamides is 1. The summed E-state index contributed by atoms with van der Waals surface area (Å²) in [5.74, 6) is 0.278. The van der Waals surface area contributed by atoms with Crippen molar-refractivity contribution >= 4 is 10.0 Å². The van der Waals surface area contributed by atoms with E-state index in [9.17, 15) is 12.8 Å². The summed E-state index contributed by atoms with van der Waals surface area (Å²) < 4.78 is 49.2. The lowest BCUT2D eigenvalue weighted by atomic mass is 10.1. The number of hydrogen-bond donors (Lipinski definition) is 2. The fourth-order valence-electron chi connectivity index (χ4n) is 2.72. The van der Waals surface area contributed by atoms with Crippen molar-refractivity contribution < 1.29 is 22.3 Å². The van der Waals surface area contributed by atoms with E-state index in [2.05, 4.69) is 10.0 Å². The van der Waals surface area contributed by atoms with Gasteiger partial charge in [-0.15, -0.1) is 0 Å². The molecule has 28 heavy (non-hydrogen) atoms. The lowest BCUT2D eigenvalue weighted by molar-refractivity contribution is 0.0804. The van der Waals surface area contributed by atoms with Gasteiger partial charge in [-0.05, 0) is 42.3 Å². The zero-order chi connectivity index (χ0) is 20.6. The highest BCUT2D eigenvalue weighted by atomic mass is 32.2. The molecule has 6 nitrogen and oxygen atoms in total. The van der Waals surface area contributed by atoms with Crippen LogP contribution in [-0.2, 0) is 21.3 Å². The fraction of sp³-hybridized carbons (Fsp3) is 0.400. The Morgan fingerprint density at radius 2 is 1.71 bits per heavy atom. The second kappa shape index (κ2) is 10.5. The predicted octanol–water partition coefficient (Wildman–Crippen LogP) is 2.62. The highest BCUT2D eigenvalue weighted by Gasteiger charge is 2.12. The second-order valence-corrected chi connectivity index (χ2v) is 8.41. The van der Waals surface area contributed by atoms with Gasteiger partial charge in [0, 0.05) is 26.2 Å². The standard InChI is InChI=1S/C20H27FN2O4S/c1-15(23-28(3,24)25)17-6-4-16(5-7-17)12-22-13-20(14-26-2)27-19-10-8-18(21)9-11-19/h4-11,15,20,22-23H,12-14H2,1-3H3/t15-,20?/m1/s1. The maximum Gasteiger partial charge on any atom is 0.209 e. The molecule has 2 atom stereocenters. The van der Waals surface area contributed by atoms with Crippen LogP contribution in [0.15, 0.2) is 48.5 Å². The van der Waals surface area contributed by atoms with Crippen LogP contribution in [0.1, 0.15) is 24.1 Å². The molecule has 0 aliphatic rings. The van der Waals surface area contributed by atoms with Gasteiger partial charge in [0.25, 0.3) is 0 Å². The lowest BCUT2D eigenvalue weighted by Crippen LogP contribution is -2.34. The third-order valence-corrected chi connectivity index (χ3v) is 4.82. The van der Waals surface area contributed by atoms with Gasteiger partial charge in [0.15, 0.2) is 0 Å². The molecule has 2 N–H and O–H groups in total. The molecule has 0 heterocycles. The normalized spacial score (nSPS) is 13.9. The molecule has 0 aromatic heterocycles. The predicted molar refractivity (Wildman–Crippen MR) is 107 cm³/mol. The minimum atomic E-state index is -3.25. The number of halogens is 1. The van der Waals surface area contributed by atoms with E-state index in [1.807, 2.05) is 24.3 Å². The summed E-state index contributed by atoms with van der Waals surface area (Å²) in [5.41, 5.74) is 1.96. The van der Waals surface area contributed by atoms with Gasteiger partial charge in [-0.2, -0.15) is 0 Å². The van der Waals surface area contributed by atoms with Crippen molar-refractivity contribution in [3.8, 4) is 5.75 Å². The molecule has 1 unspecified atom stereocenters. The maximum atomic E-state index is 13.0. The Labute approximate surface area is 166 Å². The molecule has 0 radical (unpaired) electrons. The monoisotopic (exact) mass is 410 g/mol. The Morgan fingerprint density at radius 1 is 1.07 bits per heavy atom. The van der Waals surface area contributed by atoms with E-state index in [0.29, 0.717) is 25.4 Å². The number of nitrogens with one attached hydrogen (secondary N) is 2. The van der Waals surface area contributed by atoms with E-state index < -0.39 is 10.0 Å². The lowest BCUT2D eigenvalue weighted by Gasteiger charge is -2.19. The molecule has 8 heteroatoms. The zero-order valence-electron chi connectivity index (χ0n) is 16.3. The third kappa shape index (κ3) is 7.93. The molecule has 154 valence electrons. The van der Waals surface area contributed by atoms with Crippen LogP contribution in [0.2, 0.25) is 0 Å². The zero-order valence-corrected chi connectivity index (χ0v) is 17.1. The number of methoxy groups -OCH3 is 1. The molecule has 2 aromatic rings. The van der Waals surface area contributed by atoms with Gasteiger partial charge in [-0.3, -0.25) is 0 Å². The molecule has 0 saturated heterocycles. The number of ether oxygens (including phenoxy) is 2. The van der Waals surface area contributed by atoms with Crippen molar-refractivity contribution in [2.75, 3.05) is 26.5 Å². The smallest absolute Gasteiger partial charge is 0.209 e. The molecule has 2 rings (SSSR count). The van der Waals surface area contributed by atoms with Gasteiger partial charge >= 0.3 is 0 Å².